The molecule has 4 heteroatoms. The molecule has 0 atom stereocenters. The lowest BCUT2D eigenvalue weighted by Gasteiger charge is -2.08. The van der Waals surface area contributed by atoms with Crippen molar-refractivity contribution in [3.63, 3.8) is 0 Å². The van der Waals surface area contributed by atoms with Crippen molar-refractivity contribution in [3.05, 3.63) is 29.8 Å². The second kappa shape index (κ2) is 8.01. The van der Waals surface area contributed by atoms with Crippen LogP contribution in [-0.4, -0.2) is 29.2 Å². The van der Waals surface area contributed by atoms with Gasteiger partial charge in [-0.05, 0) is 36.5 Å². The molecule has 17 heavy (non-hydrogen) atoms. The SMILES string of the molecule is CCCSCCCOc1ccccc1C(=O)O. The van der Waals surface area contributed by atoms with Crippen LogP contribution in [0.25, 0.3) is 0 Å². The van der Waals surface area contributed by atoms with Gasteiger partial charge in [-0.1, -0.05) is 19.1 Å². The Morgan fingerprint density at radius 3 is 2.82 bits per heavy atom. The minimum atomic E-state index is -0.944. The summed E-state index contributed by atoms with van der Waals surface area (Å²) in [4.78, 5) is 10.9. The standard InChI is InChI=1S/C13H18O3S/c1-2-9-17-10-5-8-16-12-7-4-3-6-11(12)13(14)15/h3-4,6-7H,2,5,8-10H2,1H3,(H,14,15). The van der Waals surface area contributed by atoms with E-state index in [0.29, 0.717) is 12.4 Å². The number of hydrogen-bond acceptors (Lipinski definition) is 3. The summed E-state index contributed by atoms with van der Waals surface area (Å²) in [5, 5.41) is 8.95. The molecule has 0 aromatic heterocycles. The smallest absolute Gasteiger partial charge is 0.339 e. The molecule has 0 radical (unpaired) electrons. The van der Waals surface area contributed by atoms with E-state index in [9.17, 15) is 4.79 Å². The second-order valence-electron chi connectivity index (χ2n) is 3.62. The molecule has 0 heterocycles. The van der Waals surface area contributed by atoms with E-state index in [-0.39, 0.29) is 5.56 Å². The number of aromatic carboxylic acids is 1. The number of para-hydroxylation sites is 1. The number of hydrogen-bond donors (Lipinski definition) is 1. The third kappa shape index (κ3) is 5.13. The highest BCUT2D eigenvalue weighted by Crippen LogP contribution is 2.18. The number of benzene rings is 1. The minimum Gasteiger partial charge on any atom is -0.493 e. The van der Waals surface area contributed by atoms with Gasteiger partial charge in [0.2, 0.25) is 0 Å². The zero-order valence-corrected chi connectivity index (χ0v) is 10.8. The lowest BCUT2D eigenvalue weighted by molar-refractivity contribution is 0.0692. The molecule has 0 saturated heterocycles. The molecule has 0 amide bonds. The molecule has 0 bridgehead atoms. The van der Waals surface area contributed by atoms with Crippen LogP contribution in [0.15, 0.2) is 24.3 Å². The lowest BCUT2D eigenvalue weighted by atomic mass is 10.2. The molecular formula is C13H18O3S. The van der Waals surface area contributed by atoms with Crippen molar-refractivity contribution >= 4 is 17.7 Å². The van der Waals surface area contributed by atoms with Crippen molar-refractivity contribution in [2.45, 2.75) is 19.8 Å². The highest BCUT2D eigenvalue weighted by Gasteiger charge is 2.09. The van der Waals surface area contributed by atoms with Gasteiger partial charge in [0.15, 0.2) is 0 Å². The normalized spacial score (nSPS) is 10.2. The summed E-state index contributed by atoms with van der Waals surface area (Å²) in [5.74, 6) is 1.75. The van der Waals surface area contributed by atoms with Gasteiger partial charge >= 0.3 is 5.97 Å². The van der Waals surface area contributed by atoms with Crippen LogP contribution in [0.4, 0.5) is 0 Å². The molecule has 0 aliphatic rings. The summed E-state index contributed by atoms with van der Waals surface area (Å²) >= 11 is 1.90. The van der Waals surface area contributed by atoms with Crippen LogP contribution < -0.4 is 4.74 Å². The Labute approximate surface area is 106 Å². The van der Waals surface area contributed by atoms with Crippen LogP contribution >= 0.6 is 11.8 Å². The fourth-order valence-corrected chi connectivity index (χ4v) is 2.17. The van der Waals surface area contributed by atoms with E-state index in [1.54, 1.807) is 24.3 Å². The van der Waals surface area contributed by atoms with Crippen molar-refractivity contribution in [2.75, 3.05) is 18.1 Å². The van der Waals surface area contributed by atoms with Crippen LogP contribution in [0.2, 0.25) is 0 Å². The van der Waals surface area contributed by atoms with Gasteiger partial charge in [-0.2, -0.15) is 11.8 Å². The average molecular weight is 254 g/mol. The number of ether oxygens (including phenoxy) is 1. The number of rotatable bonds is 8. The predicted molar refractivity (Wildman–Crippen MR) is 71.1 cm³/mol. The summed E-state index contributed by atoms with van der Waals surface area (Å²) in [7, 11) is 0. The monoisotopic (exact) mass is 254 g/mol. The van der Waals surface area contributed by atoms with E-state index >= 15 is 0 Å². The summed E-state index contributed by atoms with van der Waals surface area (Å²) in [6.45, 7) is 2.73. The maximum absolute atomic E-state index is 10.9. The fourth-order valence-electron chi connectivity index (χ4n) is 1.36. The molecule has 1 aromatic carbocycles. The number of carboxylic acid groups (broad SMARTS) is 1. The first-order valence-corrected chi connectivity index (χ1v) is 6.94. The first-order valence-electron chi connectivity index (χ1n) is 5.78. The highest BCUT2D eigenvalue weighted by atomic mass is 32.2. The Morgan fingerprint density at radius 1 is 1.35 bits per heavy atom. The van der Waals surface area contributed by atoms with Gasteiger partial charge in [0, 0.05) is 0 Å². The third-order valence-corrected chi connectivity index (χ3v) is 3.43. The molecular weight excluding hydrogens is 236 g/mol. The Hall–Kier alpha value is -1.16. The molecule has 0 fully saturated rings. The van der Waals surface area contributed by atoms with E-state index in [1.807, 2.05) is 11.8 Å². The molecule has 1 N–H and O–H groups in total. The van der Waals surface area contributed by atoms with Crippen molar-refractivity contribution in [1.82, 2.24) is 0 Å². The molecule has 1 aromatic rings. The van der Waals surface area contributed by atoms with Crippen molar-refractivity contribution in [2.24, 2.45) is 0 Å². The average Bonchev–Trinajstić information content (AvgIpc) is 2.34. The van der Waals surface area contributed by atoms with Gasteiger partial charge in [-0.15, -0.1) is 0 Å². The summed E-state index contributed by atoms with van der Waals surface area (Å²) in [6.07, 6.45) is 2.13. The first kappa shape index (κ1) is 13.9. The lowest BCUT2D eigenvalue weighted by Crippen LogP contribution is -2.05. The Kier molecular flexibility index (Phi) is 6.55. The number of carboxylic acids is 1. The molecule has 1 rings (SSSR count). The van der Waals surface area contributed by atoms with Crippen LogP contribution in [0.5, 0.6) is 5.75 Å². The molecule has 0 spiro atoms. The van der Waals surface area contributed by atoms with Gasteiger partial charge in [0.25, 0.3) is 0 Å². The first-order chi connectivity index (χ1) is 8.25. The van der Waals surface area contributed by atoms with E-state index < -0.39 is 5.97 Å². The summed E-state index contributed by atoms with van der Waals surface area (Å²) in [6, 6.07) is 6.74. The van der Waals surface area contributed by atoms with E-state index in [1.165, 1.54) is 12.2 Å². The Bertz CT molecular complexity index is 352. The largest absolute Gasteiger partial charge is 0.493 e. The zero-order valence-electron chi connectivity index (χ0n) is 10.0. The quantitative estimate of drug-likeness (QED) is 0.723. The third-order valence-electron chi connectivity index (χ3n) is 2.16. The molecule has 0 aliphatic carbocycles. The van der Waals surface area contributed by atoms with Crippen LogP contribution in [-0.2, 0) is 0 Å². The molecule has 0 unspecified atom stereocenters. The van der Waals surface area contributed by atoms with Gasteiger partial charge in [0.1, 0.15) is 11.3 Å². The topological polar surface area (TPSA) is 46.5 Å². The van der Waals surface area contributed by atoms with Gasteiger partial charge in [-0.3, -0.25) is 0 Å². The summed E-state index contributed by atoms with van der Waals surface area (Å²) in [5.41, 5.74) is 0.230. The van der Waals surface area contributed by atoms with Crippen LogP contribution in [0, 0.1) is 0 Å². The number of carbonyl (C=O) groups is 1. The van der Waals surface area contributed by atoms with Crippen LogP contribution in [0.3, 0.4) is 0 Å². The molecule has 3 nitrogen and oxygen atoms in total. The molecule has 0 aliphatic heterocycles. The van der Waals surface area contributed by atoms with E-state index in [4.69, 9.17) is 9.84 Å². The minimum absolute atomic E-state index is 0.230. The van der Waals surface area contributed by atoms with Crippen LogP contribution in [0.1, 0.15) is 30.1 Å². The molecule has 0 saturated carbocycles. The predicted octanol–water partition coefficient (Wildman–Crippen LogP) is 3.30. The Balaban J connectivity index is 2.34. The highest BCUT2D eigenvalue weighted by molar-refractivity contribution is 7.99. The van der Waals surface area contributed by atoms with Crippen molar-refractivity contribution in [1.29, 1.82) is 0 Å². The van der Waals surface area contributed by atoms with Crippen molar-refractivity contribution < 1.29 is 14.6 Å². The molecule has 94 valence electrons. The van der Waals surface area contributed by atoms with Gasteiger partial charge < -0.3 is 9.84 Å². The van der Waals surface area contributed by atoms with Crippen molar-refractivity contribution in [3.8, 4) is 5.75 Å². The van der Waals surface area contributed by atoms with Gasteiger partial charge in [-0.25, -0.2) is 4.79 Å². The number of thioether (sulfide) groups is 1. The second-order valence-corrected chi connectivity index (χ2v) is 4.84. The fraction of sp³-hybridized carbons (Fsp3) is 0.462. The Morgan fingerprint density at radius 2 is 2.12 bits per heavy atom. The van der Waals surface area contributed by atoms with E-state index in [2.05, 4.69) is 6.92 Å². The maximum atomic E-state index is 10.9. The zero-order chi connectivity index (χ0) is 12.5. The summed E-state index contributed by atoms with van der Waals surface area (Å²) < 4.78 is 5.48. The maximum Gasteiger partial charge on any atom is 0.339 e. The van der Waals surface area contributed by atoms with Gasteiger partial charge in [0.05, 0.1) is 6.61 Å². The van der Waals surface area contributed by atoms with E-state index in [0.717, 1.165) is 12.2 Å².